The van der Waals surface area contributed by atoms with Crippen LogP contribution in [0.15, 0.2) is 18.2 Å². The summed E-state index contributed by atoms with van der Waals surface area (Å²) in [4.78, 5) is 28.5. The molecule has 0 aliphatic carbocycles. The molecule has 0 fully saturated rings. The third-order valence-electron chi connectivity index (χ3n) is 3.68. The summed E-state index contributed by atoms with van der Waals surface area (Å²) in [5.41, 5.74) is 1.53. The van der Waals surface area contributed by atoms with Crippen molar-refractivity contribution in [1.82, 2.24) is 14.8 Å². The first kappa shape index (κ1) is 15.5. The number of hydrogen-bond donors (Lipinski definition) is 2. The average Bonchev–Trinajstić information content (AvgIpc) is 3.02. The van der Waals surface area contributed by atoms with Crippen LogP contribution in [0.1, 0.15) is 30.8 Å². The van der Waals surface area contributed by atoms with Gasteiger partial charge in [-0.25, -0.2) is 4.68 Å². The van der Waals surface area contributed by atoms with Crippen LogP contribution in [0.25, 0.3) is 0 Å². The topological polar surface area (TPSA) is 88.9 Å². The summed E-state index contributed by atoms with van der Waals surface area (Å²) in [5, 5.41) is 10.2. The highest BCUT2D eigenvalue weighted by molar-refractivity contribution is 6.31. The lowest BCUT2D eigenvalue weighted by atomic mass is 10.1. The molecule has 2 heterocycles. The van der Waals surface area contributed by atoms with Crippen LogP contribution in [0.3, 0.4) is 0 Å². The molecule has 120 valence electrons. The molecular formula is C15H16ClN5O2. The fourth-order valence-electron chi connectivity index (χ4n) is 2.41. The molecule has 1 aliphatic rings. The number of amides is 2. The number of aryl methyl sites for hydroxylation is 2. The largest absolute Gasteiger partial charge is 0.326 e. The SMILES string of the molecule is CCc1nc2n(n1)C(CC(=O)Nc1cc(Cl)ccc1C)C(=O)N2. The van der Waals surface area contributed by atoms with E-state index in [0.717, 1.165) is 5.56 Å². The van der Waals surface area contributed by atoms with Crippen molar-refractivity contribution in [3.05, 3.63) is 34.6 Å². The van der Waals surface area contributed by atoms with Crippen LogP contribution in [0.2, 0.25) is 5.02 Å². The minimum absolute atomic E-state index is 0.0166. The Morgan fingerprint density at radius 1 is 1.48 bits per heavy atom. The fourth-order valence-corrected chi connectivity index (χ4v) is 2.58. The number of hydrogen-bond acceptors (Lipinski definition) is 4. The first-order chi connectivity index (χ1) is 11.0. The number of nitrogens with one attached hydrogen (secondary N) is 2. The minimum atomic E-state index is -0.683. The van der Waals surface area contributed by atoms with Gasteiger partial charge in [-0.1, -0.05) is 24.6 Å². The Hall–Kier alpha value is -2.41. The number of fused-ring (bicyclic) bond motifs is 1. The zero-order valence-electron chi connectivity index (χ0n) is 12.8. The van der Waals surface area contributed by atoms with Gasteiger partial charge in [0, 0.05) is 17.1 Å². The molecular weight excluding hydrogens is 318 g/mol. The summed E-state index contributed by atoms with van der Waals surface area (Å²) in [6.07, 6.45) is 0.647. The molecule has 0 radical (unpaired) electrons. The Balaban J connectivity index is 1.74. The summed E-state index contributed by atoms with van der Waals surface area (Å²) < 4.78 is 1.48. The van der Waals surface area contributed by atoms with Crippen molar-refractivity contribution < 1.29 is 9.59 Å². The lowest BCUT2D eigenvalue weighted by molar-refractivity contribution is -0.123. The number of aromatic nitrogens is 3. The van der Waals surface area contributed by atoms with Gasteiger partial charge in [0.25, 0.3) is 5.91 Å². The van der Waals surface area contributed by atoms with Crippen molar-refractivity contribution in [3.8, 4) is 0 Å². The van der Waals surface area contributed by atoms with E-state index in [1.165, 1.54) is 4.68 Å². The maximum absolute atomic E-state index is 12.3. The number of halogens is 1. The zero-order valence-corrected chi connectivity index (χ0v) is 13.5. The number of nitrogens with zero attached hydrogens (tertiary/aromatic N) is 3. The molecule has 3 rings (SSSR count). The molecule has 1 atom stereocenters. The Labute approximate surface area is 138 Å². The molecule has 0 saturated carbocycles. The van der Waals surface area contributed by atoms with Crippen LogP contribution in [0.5, 0.6) is 0 Å². The Morgan fingerprint density at radius 2 is 2.26 bits per heavy atom. The standard InChI is InChI=1S/C15H16ClN5O2/c1-3-12-18-15-19-14(23)11(21(15)20-12)7-13(22)17-10-6-9(16)5-4-8(10)2/h4-6,11H,3,7H2,1-2H3,(H,17,22)(H,18,19,20,23). The molecule has 2 amide bonds. The second-order valence-electron chi connectivity index (χ2n) is 5.37. The van der Waals surface area contributed by atoms with E-state index in [0.29, 0.717) is 28.9 Å². The lowest BCUT2D eigenvalue weighted by Crippen LogP contribution is -2.24. The van der Waals surface area contributed by atoms with Crippen LogP contribution in [0.4, 0.5) is 11.6 Å². The quantitative estimate of drug-likeness (QED) is 0.898. The van der Waals surface area contributed by atoms with Crippen LogP contribution in [0, 0.1) is 6.92 Å². The van der Waals surface area contributed by atoms with E-state index < -0.39 is 6.04 Å². The highest BCUT2D eigenvalue weighted by Crippen LogP contribution is 2.26. The van der Waals surface area contributed by atoms with E-state index in [4.69, 9.17) is 11.6 Å². The molecule has 1 aromatic carbocycles. The van der Waals surface area contributed by atoms with Gasteiger partial charge >= 0.3 is 0 Å². The molecule has 7 nitrogen and oxygen atoms in total. The van der Waals surface area contributed by atoms with Crippen molar-refractivity contribution in [2.75, 3.05) is 10.6 Å². The molecule has 2 N–H and O–H groups in total. The second-order valence-corrected chi connectivity index (χ2v) is 5.80. The van der Waals surface area contributed by atoms with Gasteiger partial charge in [0.2, 0.25) is 11.9 Å². The molecule has 2 aromatic rings. The number of carbonyl (C=O) groups is 2. The van der Waals surface area contributed by atoms with E-state index >= 15 is 0 Å². The van der Waals surface area contributed by atoms with Gasteiger partial charge in [0.05, 0.1) is 6.42 Å². The first-order valence-corrected chi connectivity index (χ1v) is 7.68. The summed E-state index contributed by atoms with van der Waals surface area (Å²) in [6.45, 7) is 3.80. The van der Waals surface area contributed by atoms with Crippen LogP contribution >= 0.6 is 11.6 Å². The molecule has 1 unspecified atom stereocenters. The van der Waals surface area contributed by atoms with Gasteiger partial charge in [-0.2, -0.15) is 10.1 Å². The predicted molar refractivity (Wildman–Crippen MR) is 86.5 cm³/mol. The molecule has 23 heavy (non-hydrogen) atoms. The maximum atomic E-state index is 12.3. The summed E-state index contributed by atoms with van der Waals surface area (Å²) in [5.74, 6) is 0.470. The molecule has 1 aliphatic heterocycles. The van der Waals surface area contributed by atoms with E-state index in [9.17, 15) is 9.59 Å². The van der Waals surface area contributed by atoms with Crippen molar-refractivity contribution in [1.29, 1.82) is 0 Å². The van der Waals surface area contributed by atoms with Gasteiger partial charge in [-0.3, -0.25) is 14.9 Å². The second kappa shape index (κ2) is 6.00. The molecule has 8 heteroatoms. The van der Waals surface area contributed by atoms with Crippen LogP contribution < -0.4 is 10.6 Å². The number of anilines is 2. The van der Waals surface area contributed by atoms with E-state index in [2.05, 4.69) is 20.7 Å². The third-order valence-corrected chi connectivity index (χ3v) is 3.91. The minimum Gasteiger partial charge on any atom is -0.326 e. The van der Waals surface area contributed by atoms with Gasteiger partial charge in [0.15, 0.2) is 5.82 Å². The molecule has 0 spiro atoms. The smallest absolute Gasteiger partial charge is 0.252 e. The summed E-state index contributed by atoms with van der Waals surface area (Å²) >= 11 is 5.94. The molecule has 0 bridgehead atoms. The summed E-state index contributed by atoms with van der Waals surface area (Å²) in [6, 6.07) is 4.57. The zero-order chi connectivity index (χ0) is 16.6. The van der Waals surface area contributed by atoms with Gasteiger partial charge in [-0.15, -0.1) is 0 Å². The van der Waals surface area contributed by atoms with Crippen molar-refractivity contribution in [2.24, 2.45) is 0 Å². The molecule has 0 saturated heterocycles. The average molecular weight is 334 g/mol. The van der Waals surface area contributed by atoms with E-state index in [1.54, 1.807) is 12.1 Å². The highest BCUT2D eigenvalue weighted by Gasteiger charge is 2.34. The lowest BCUT2D eigenvalue weighted by Gasteiger charge is -2.11. The Bertz CT molecular complexity index is 786. The third kappa shape index (κ3) is 3.05. The predicted octanol–water partition coefficient (Wildman–Crippen LogP) is 2.32. The first-order valence-electron chi connectivity index (χ1n) is 7.30. The monoisotopic (exact) mass is 333 g/mol. The Morgan fingerprint density at radius 3 is 3.00 bits per heavy atom. The van der Waals surface area contributed by atoms with Crippen molar-refractivity contribution >= 4 is 35.1 Å². The van der Waals surface area contributed by atoms with E-state index in [-0.39, 0.29) is 18.2 Å². The van der Waals surface area contributed by atoms with E-state index in [1.807, 2.05) is 19.9 Å². The molecule has 1 aromatic heterocycles. The number of carbonyl (C=O) groups excluding carboxylic acids is 2. The van der Waals surface area contributed by atoms with Crippen LogP contribution in [-0.4, -0.2) is 26.6 Å². The van der Waals surface area contributed by atoms with Crippen molar-refractivity contribution in [3.63, 3.8) is 0 Å². The number of rotatable bonds is 4. The van der Waals surface area contributed by atoms with Gasteiger partial charge in [-0.05, 0) is 24.6 Å². The van der Waals surface area contributed by atoms with Crippen molar-refractivity contribution in [2.45, 2.75) is 32.7 Å². The van der Waals surface area contributed by atoms with Crippen LogP contribution in [-0.2, 0) is 16.0 Å². The fraction of sp³-hybridized carbons (Fsp3) is 0.333. The maximum Gasteiger partial charge on any atom is 0.252 e. The van der Waals surface area contributed by atoms with Gasteiger partial charge in [0.1, 0.15) is 6.04 Å². The number of benzene rings is 1. The van der Waals surface area contributed by atoms with Gasteiger partial charge < -0.3 is 5.32 Å². The normalized spacial score (nSPS) is 16.1. The Kier molecular flexibility index (Phi) is 4.04. The summed E-state index contributed by atoms with van der Waals surface area (Å²) in [7, 11) is 0. The highest BCUT2D eigenvalue weighted by atomic mass is 35.5.